The van der Waals surface area contributed by atoms with Crippen LogP contribution in [0.25, 0.3) is 0 Å². The van der Waals surface area contributed by atoms with Gasteiger partial charge in [-0.15, -0.1) is 0 Å². The Morgan fingerprint density at radius 3 is 2.57 bits per heavy atom. The van der Waals surface area contributed by atoms with Crippen molar-refractivity contribution in [3.8, 4) is 11.8 Å². The minimum atomic E-state index is -4.38. The highest BCUT2D eigenvalue weighted by Gasteiger charge is 2.30. The molecule has 0 fully saturated rings. The Morgan fingerprint density at radius 1 is 1.29 bits per heavy atom. The van der Waals surface area contributed by atoms with E-state index in [0.717, 1.165) is 17.0 Å². The molecule has 0 radical (unpaired) electrons. The molecular formula is C14H16F4N2O. The van der Waals surface area contributed by atoms with Crippen LogP contribution in [-0.4, -0.2) is 42.4 Å². The first-order valence-corrected chi connectivity index (χ1v) is 6.23. The lowest BCUT2D eigenvalue weighted by Crippen LogP contribution is -2.35. The van der Waals surface area contributed by atoms with Crippen molar-refractivity contribution >= 4 is 0 Å². The fourth-order valence-electron chi connectivity index (χ4n) is 1.80. The monoisotopic (exact) mass is 304 g/mol. The second-order valence-electron chi connectivity index (χ2n) is 4.36. The fraction of sp³-hybridized carbons (Fsp3) is 0.429. The van der Waals surface area contributed by atoms with E-state index in [1.807, 2.05) is 0 Å². The zero-order valence-corrected chi connectivity index (χ0v) is 11.3. The van der Waals surface area contributed by atoms with Crippen LogP contribution in [0.5, 0.6) is 0 Å². The van der Waals surface area contributed by atoms with Crippen LogP contribution in [0.4, 0.5) is 17.6 Å². The molecule has 0 bridgehead atoms. The van der Waals surface area contributed by atoms with Crippen LogP contribution < -0.4 is 5.73 Å². The Bertz CT molecular complexity index is 520. The number of hydrogen-bond acceptors (Lipinski definition) is 3. The molecule has 116 valence electrons. The van der Waals surface area contributed by atoms with Gasteiger partial charge in [0, 0.05) is 18.7 Å². The minimum Gasteiger partial charge on any atom is -0.395 e. The van der Waals surface area contributed by atoms with Gasteiger partial charge in [-0.05, 0) is 17.7 Å². The number of aliphatic hydroxyl groups is 1. The topological polar surface area (TPSA) is 49.5 Å². The lowest BCUT2D eigenvalue weighted by molar-refractivity contribution is -0.148. The van der Waals surface area contributed by atoms with Crippen LogP contribution in [-0.2, 0) is 6.54 Å². The molecule has 21 heavy (non-hydrogen) atoms. The molecule has 0 amide bonds. The average molecular weight is 304 g/mol. The summed E-state index contributed by atoms with van der Waals surface area (Å²) in [5.74, 6) is 4.66. The summed E-state index contributed by atoms with van der Waals surface area (Å²) in [5, 5.41) is 8.85. The number of nitrogens with zero attached hydrogens (tertiary/aromatic N) is 1. The van der Waals surface area contributed by atoms with Gasteiger partial charge in [-0.1, -0.05) is 17.9 Å². The summed E-state index contributed by atoms with van der Waals surface area (Å²) in [6.45, 7) is -1.72. The molecule has 0 aromatic heterocycles. The van der Waals surface area contributed by atoms with Gasteiger partial charge in [0.1, 0.15) is 5.82 Å². The molecule has 3 nitrogen and oxygen atoms in total. The summed E-state index contributed by atoms with van der Waals surface area (Å²) in [5.41, 5.74) is 5.99. The Labute approximate surface area is 120 Å². The highest BCUT2D eigenvalue weighted by atomic mass is 19.4. The van der Waals surface area contributed by atoms with Gasteiger partial charge in [0.15, 0.2) is 0 Å². The molecule has 1 aromatic rings. The number of aliphatic hydroxyl groups excluding tert-OH is 1. The van der Waals surface area contributed by atoms with Crippen LogP contribution in [0.1, 0.15) is 11.1 Å². The second kappa shape index (κ2) is 7.98. The Balaban J connectivity index is 2.97. The number of alkyl halides is 3. The maximum atomic E-state index is 13.2. The Kier molecular flexibility index (Phi) is 6.62. The van der Waals surface area contributed by atoms with Gasteiger partial charge in [-0.25, -0.2) is 4.39 Å². The van der Waals surface area contributed by atoms with Gasteiger partial charge in [0.05, 0.1) is 19.7 Å². The highest BCUT2D eigenvalue weighted by Crippen LogP contribution is 2.19. The number of halogens is 4. The van der Waals surface area contributed by atoms with E-state index in [0.29, 0.717) is 11.1 Å². The molecule has 3 N–H and O–H groups in total. The molecule has 0 spiro atoms. The summed E-state index contributed by atoms with van der Waals surface area (Å²) >= 11 is 0. The first-order valence-electron chi connectivity index (χ1n) is 6.23. The van der Waals surface area contributed by atoms with E-state index in [4.69, 9.17) is 10.8 Å². The van der Waals surface area contributed by atoms with Crippen LogP contribution in [0.2, 0.25) is 0 Å². The molecule has 0 aliphatic heterocycles. The molecule has 0 aliphatic carbocycles. The van der Waals surface area contributed by atoms with Crippen molar-refractivity contribution in [3.63, 3.8) is 0 Å². The predicted octanol–water partition coefficient (Wildman–Crippen LogP) is 1.49. The average Bonchev–Trinajstić information content (AvgIpc) is 2.37. The van der Waals surface area contributed by atoms with E-state index in [2.05, 4.69) is 11.8 Å². The number of nitrogens with two attached hydrogens (primary N) is 1. The molecule has 0 aliphatic rings. The number of hydrogen-bond donors (Lipinski definition) is 2. The molecule has 0 unspecified atom stereocenters. The largest absolute Gasteiger partial charge is 0.401 e. The maximum absolute atomic E-state index is 13.2. The molecular weight excluding hydrogens is 288 g/mol. The third-order valence-electron chi connectivity index (χ3n) is 2.61. The SMILES string of the molecule is NCC#Cc1cc(F)ccc1CN(CCO)CC(F)(F)F. The van der Waals surface area contributed by atoms with Crippen LogP contribution in [0, 0.1) is 17.7 Å². The Morgan fingerprint density at radius 2 is 2.00 bits per heavy atom. The molecule has 0 atom stereocenters. The summed E-state index contributed by atoms with van der Waals surface area (Å²) in [4.78, 5) is 1.03. The van der Waals surface area contributed by atoms with Crippen LogP contribution >= 0.6 is 0 Å². The van der Waals surface area contributed by atoms with E-state index < -0.39 is 25.1 Å². The molecule has 0 saturated heterocycles. The van der Waals surface area contributed by atoms with Crippen molar-refractivity contribution in [2.45, 2.75) is 12.7 Å². The summed E-state index contributed by atoms with van der Waals surface area (Å²) in [7, 11) is 0. The van der Waals surface area contributed by atoms with Gasteiger partial charge >= 0.3 is 6.18 Å². The van der Waals surface area contributed by atoms with Crippen molar-refractivity contribution in [1.29, 1.82) is 0 Å². The highest BCUT2D eigenvalue weighted by molar-refractivity contribution is 5.41. The fourth-order valence-corrected chi connectivity index (χ4v) is 1.80. The van der Waals surface area contributed by atoms with E-state index in [1.54, 1.807) is 0 Å². The van der Waals surface area contributed by atoms with E-state index in [1.165, 1.54) is 6.07 Å². The van der Waals surface area contributed by atoms with E-state index in [9.17, 15) is 17.6 Å². The van der Waals surface area contributed by atoms with E-state index in [-0.39, 0.29) is 19.6 Å². The Hall–Kier alpha value is -1.62. The van der Waals surface area contributed by atoms with Crippen molar-refractivity contribution in [2.24, 2.45) is 5.73 Å². The van der Waals surface area contributed by atoms with Gasteiger partial charge < -0.3 is 10.8 Å². The first-order chi connectivity index (χ1) is 9.85. The van der Waals surface area contributed by atoms with Crippen molar-refractivity contribution in [3.05, 3.63) is 35.1 Å². The zero-order chi connectivity index (χ0) is 15.9. The second-order valence-corrected chi connectivity index (χ2v) is 4.36. The minimum absolute atomic E-state index is 0.0683. The smallest absolute Gasteiger partial charge is 0.395 e. The third kappa shape index (κ3) is 6.58. The molecule has 0 saturated carbocycles. The maximum Gasteiger partial charge on any atom is 0.401 e. The van der Waals surface area contributed by atoms with Crippen molar-refractivity contribution < 1.29 is 22.7 Å². The van der Waals surface area contributed by atoms with Gasteiger partial charge in [0.25, 0.3) is 0 Å². The van der Waals surface area contributed by atoms with Gasteiger partial charge in [-0.2, -0.15) is 13.2 Å². The van der Waals surface area contributed by atoms with Crippen molar-refractivity contribution in [1.82, 2.24) is 4.90 Å². The summed E-state index contributed by atoms with van der Waals surface area (Å²) < 4.78 is 50.6. The summed E-state index contributed by atoms with van der Waals surface area (Å²) in [6.07, 6.45) is -4.38. The lowest BCUT2D eigenvalue weighted by Gasteiger charge is -2.23. The van der Waals surface area contributed by atoms with Crippen LogP contribution in [0.15, 0.2) is 18.2 Å². The quantitative estimate of drug-likeness (QED) is 0.640. The zero-order valence-electron chi connectivity index (χ0n) is 11.3. The number of benzene rings is 1. The molecule has 7 heteroatoms. The van der Waals surface area contributed by atoms with Gasteiger partial charge in [0.2, 0.25) is 0 Å². The first kappa shape index (κ1) is 17.4. The third-order valence-corrected chi connectivity index (χ3v) is 2.61. The predicted molar refractivity (Wildman–Crippen MR) is 70.8 cm³/mol. The molecule has 1 aromatic carbocycles. The standard InChI is InChI=1S/C14H16F4N2O/c15-13-4-3-12(11(8-13)2-1-5-19)9-20(6-7-21)10-14(16,17)18/h3-4,8,21H,5-7,9-10,19H2. The lowest BCUT2D eigenvalue weighted by atomic mass is 10.1. The van der Waals surface area contributed by atoms with E-state index >= 15 is 0 Å². The normalized spacial score (nSPS) is 11.4. The number of rotatable bonds is 5. The summed E-state index contributed by atoms with van der Waals surface area (Å²) in [6, 6.07) is 3.70. The molecule has 1 rings (SSSR count). The van der Waals surface area contributed by atoms with Crippen molar-refractivity contribution in [2.75, 3.05) is 26.2 Å². The van der Waals surface area contributed by atoms with Crippen LogP contribution in [0.3, 0.4) is 0 Å². The molecule has 0 heterocycles. The van der Waals surface area contributed by atoms with Gasteiger partial charge in [-0.3, -0.25) is 4.90 Å².